The summed E-state index contributed by atoms with van der Waals surface area (Å²) in [4.78, 5) is 25.9. The Hall–Kier alpha value is -2.08. The zero-order chi connectivity index (χ0) is 14.8. The van der Waals surface area contributed by atoms with Crippen molar-refractivity contribution in [1.29, 1.82) is 0 Å². The number of urea groups is 1. The molecule has 0 saturated carbocycles. The molecular formula is C15H20N4O2. The monoisotopic (exact) mass is 288 g/mol. The number of anilines is 1. The normalized spacial score (nSPS) is 24.4. The molecule has 2 unspecified atom stereocenters. The lowest BCUT2D eigenvalue weighted by Crippen LogP contribution is -2.50. The quantitative estimate of drug-likeness (QED) is 0.755. The van der Waals surface area contributed by atoms with Crippen LogP contribution in [0.4, 0.5) is 10.5 Å². The van der Waals surface area contributed by atoms with E-state index in [9.17, 15) is 9.59 Å². The Labute approximate surface area is 123 Å². The molecule has 3 rings (SSSR count). The third-order valence-electron chi connectivity index (χ3n) is 4.30. The van der Waals surface area contributed by atoms with Crippen molar-refractivity contribution in [1.82, 2.24) is 10.2 Å². The predicted octanol–water partition coefficient (Wildman–Crippen LogP) is 0.888. The van der Waals surface area contributed by atoms with Crippen molar-refractivity contribution in [2.75, 3.05) is 18.4 Å². The fourth-order valence-corrected chi connectivity index (χ4v) is 3.12. The first-order valence-corrected chi connectivity index (χ1v) is 7.33. The molecule has 0 aliphatic carbocycles. The van der Waals surface area contributed by atoms with Crippen LogP contribution in [-0.4, -0.2) is 36.0 Å². The summed E-state index contributed by atoms with van der Waals surface area (Å²) in [5.41, 5.74) is 7.33. The number of benzene rings is 1. The first-order chi connectivity index (χ1) is 10.2. The summed E-state index contributed by atoms with van der Waals surface area (Å²) in [5, 5.41) is 5.75. The molecule has 2 fully saturated rings. The van der Waals surface area contributed by atoms with Crippen LogP contribution in [0.2, 0.25) is 0 Å². The molecule has 2 aliphatic heterocycles. The van der Waals surface area contributed by atoms with Gasteiger partial charge in [-0.3, -0.25) is 4.79 Å². The number of amides is 3. The fraction of sp³-hybridized carbons (Fsp3) is 0.467. The molecule has 0 bridgehead atoms. The third-order valence-corrected chi connectivity index (χ3v) is 4.30. The lowest BCUT2D eigenvalue weighted by molar-refractivity contribution is -0.123. The summed E-state index contributed by atoms with van der Waals surface area (Å²) in [6.45, 7) is 1.74. The zero-order valence-corrected chi connectivity index (χ0v) is 11.8. The Morgan fingerprint density at radius 3 is 2.86 bits per heavy atom. The average molecular weight is 288 g/mol. The number of nitrogens with two attached hydrogens (primary N) is 1. The molecule has 6 nitrogen and oxygen atoms in total. The van der Waals surface area contributed by atoms with Crippen LogP contribution in [0.1, 0.15) is 18.4 Å². The highest BCUT2D eigenvalue weighted by atomic mass is 16.2. The lowest BCUT2D eigenvalue weighted by atomic mass is 9.92. The van der Waals surface area contributed by atoms with Crippen LogP contribution in [0.25, 0.3) is 0 Å². The smallest absolute Gasteiger partial charge is 0.322 e. The van der Waals surface area contributed by atoms with Gasteiger partial charge in [-0.1, -0.05) is 12.1 Å². The molecule has 0 radical (unpaired) electrons. The molecule has 0 spiro atoms. The average Bonchev–Trinajstić information content (AvgIpc) is 2.89. The third kappa shape index (κ3) is 2.71. The second-order valence-corrected chi connectivity index (χ2v) is 5.59. The number of fused-ring (bicyclic) bond motifs is 1. The van der Waals surface area contributed by atoms with Crippen molar-refractivity contribution in [3.8, 4) is 0 Å². The van der Waals surface area contributed by atoms with Crippen molar-refractivity contribution < 1.29 is 9.59 Å². The van der Waals surface area contributed by atoms with Gasteiger partial charge in [0, 0.05) is 25.3 Å². The van der Waals surface area contributed by atoms with Gasteiger partial charge in [0.15, 0.2) is 0 Å². The van der Waals surface area contributed by atoms with Crippen molar-refractivity contribution in [3.63, 3.8) is 0 Å². The van der Waals surface area contributed by atoms with Crippen LogP contribution in [0.3, 0.4) is 0 Å². The molecule has 2 saturated heterocycles. The number of likely N-dealkylation sites (tertiary alicyclic amines) is 1. The van der Waals surface area contributed by atoms with E-state index in [0.29, 0.717) is 19.6 Å². The summed E-state index contributed by atoms with van der Waals surface area (Å²) in [6, 6.07) is 7.33. The molecule has 0 aromatic heterocycles. The minimum Gasteiger partial charge on any atom is -0.354 e. The number of carbonyl (C=O) groups is 2. The topological polar surface area (TPSA) is 87.5 Å². The lowest BCUT2D eigenvalue weighted by Gasteiger charge is -2.35. The summed E-state index contributed by atoms with van der Waals surface area (Å²) < 4.78 is 0. The number of hydrogen-bond donors (Lipinski definition) is 3. The maximum Gasteiger partial charge on any atom is 0.322 e. The molecule has 3 amide bonds. The number of piperidine rings is 1. The minimum absolute atomic E-state index is 0.0189. The Morgan fingerprint density at radius 2 is 2.14 bits per heavy atom. The molecule has 6 heteroatoms. The van der Waals surface area contributed by atoms with Crippen LogP contribution in [0, 0.1) is 5.92 Å². The van der Waals surface area contributed by atoms with Crippen LogP contribution in [-0.2, 0) is 11.3 Å². The maximum atomic E-state index is 12.4. The van der Waals surface area contributed by atoms with Crippen LogP contribution >= 0.6 is 0 Å². The summed E-state index contributed by atoms with van der Waals surface area (Å²) in [7, 11) is 0. The van der Waals surface area contributed by atoms with Gasteiger partial charge in [0.2, 0.25) is 5.91 Å². The highest BCUT2D eigenvalue weighted by Gasteiger charge is 2.42. The number of nitrogens with zero attached hydrogens (tertiary/aromatic N) is 1. The highest BCUT2D eigenvalue weighted by molar-refractivity contribution is 5.91. The van der Waals surface area contributed by atoms with E-state index < -0.39 is 0 Å². The molecule has 2 atom stereocenters. The van der Waals surface area contributed by atoms with Gasteiger partial charge in [-0.15, -0.1) is 0 Å². The van der Waals surface area contributed by atoms with Gasteiger partial charge in [-0.2, -0.15) is 0 Å². The number of carbonyl (C=O) groups excluding carboxylic acids is 2. The fourth-order valence-electron chi connectivity index (χ4n) is 3.12. The van der Waals surface area contributed by atoms with Gasteiger partial charge in [-0.25, -0.2) is 4.79 Å². The van der Waals surface area contributed by atoms with E-state index in [-0.39, 0.29) is 23.9 Å². The summed E-state index contributed by atoms with van der Waals surface area (Å²) in [6.07, 6.45) is 1.74. The van der Waals surface area contributed by atoms with Gasteiger partial charge >= 0.3 is 6.03 Å². The number of hydrogen-bond acceptors (Lipinski definition) is 3. The molecule has 1 aromatic carbocycles. The largest absolute Gasteiger partial charge is 0.354 e. The standard InChI is InChI=1S/C15H20N4O2/c16-8-10-3-5-11(6-4-10)18-15(21)19-7-1-2-12-13(19)9-17-14(12)20/h3-6,12-13H,1-2,7-9,16H2,(H,17,20)(H,18,21). The van der Waals surface area contributed by atoms with Gasteiger partial charge in [0.1, 0.15) is 0 Å². The Morgan fingerprint density at radius 1 is 1.38 bits per heavy atom. The molecule has 1 aromatic rings. The SMILES string of the molecule is NCc1ccc(NC(=O)N2CCCC3C(=O)NCC32)cc1. The second-order valence-electron chi connectivity index (χ2n) is 5.59. The predicted molar refractivity (Wildman–Crippen MR) is 79.6 cm³/mol. The van der Waals surface area contributed by atoms with E-state index in [4.69, 9.17) is 5.73 Å². The van der Waals surface area contributed by atoms with E-state index in [1.165, 1.54) is 0 Å². The second kappa shape index (κ2) is 5.73. The molecule has 4 N–H and O–H groups in total. The van der Waals surface area contributed by atoms with Gasteiger partial charge in [-0.05, 0) is 30.5 Å². The molecule has 21 heavy (non-hydrogen) atoms. The Balaban J connectivity index is 1.68. The molecular weight excluding hydrogens is 268 g/mol. The van der Waals surface area contributed by atoms with E-state index in [0.717, 1.165) is 24.1 Å². The van der Waals surface area contributed by atoms with Crippen LogP contribution in [0.15, 0.2) is 24.3 Å². The van der Waals surface area contributed by atoms with E-state index in [2.05, 4.69) is 10.6 Å². The Kier molecular flexibility index (Phi) is 3.79. The zero-order valence-electron chi connectivity index (χ0n) is 11.8. The van der Waals surface area contributed by atoms with Crippen molar-refractivity contribution in [3.05, 3.63) is 29.8 Å². The van der Waals surface area contributed by atoms with E-state index in [1.807, 2.05) is 24.3 Å². The molecule has 2 aliphatic rings. The van der Waals surface area contributed by atoms with Crippen LogP contribution in [0.5, 0.6) is 0 Å². The highest BCUT2D eigenvalue weighted by Crippen LogP contribution is 2.27. The van der Waals surface area contributed by atoms with Crippen molar-refractivity contribution >= 4 is 17.6 Å². The number of nitrogens with one attached hydrogen (secondary N) is 2. The number of rotatable bonds is 2. The summed E-state index contributed by atoms with van der Waals surface area (Å²) in [5.74, 6) is 0.0221. The molecule has 2 heterocycles. The minimum atomic E-state index is -0.137. The Bertz CT molecular complexity index is 543. The van der Waals surface area contributed by atoms with Gasteiger partial charge < -0.3 is 21.3 Å². The first kappa shape index (κ1) is 13.9. The van der Waals surface area contributed by atoms with Crippen LogP contribution < -0.4 is 16.4 Å². The molecule has 112 valence electrons. The van der Waals surface area contributed by atoms with Crippen molar-refractivity contribution in [2.45, 2.75) is 25.4 Å². The first-order valence-electron chi connectivity index (χ1n) is 7.33. The van der Waals surface area contributed by atoms with E-state index in [1.54, 1.807) is 4.90 Å². The maximum absolute atomic E-state index is 12.4. The van der Waals surface area contributed by atoms with E-state index >= 15 is 0 Å². The van der Waals surface area contributed by atoms with Crippen molar-refractivity contribution in [2.24, 2.45) is 11.7 Å². The van der Waals surface area contributed by atoms with Gasteiger partial charge in [0.05, 0.1) is 12.0 Å². The summed E-state index contributed by atoms with van der Waals surface area (Å²) >= 11 is 0. The van der Waals surface area contributed by atoms with Gasteiger partial charge in [0.25, 0.3) is 0 Å².